The zero-order chi connectivity index (χ0) is 17.7. The van der Waals surface area contributed by atoms with Gasteiger partial charge in [0, 0.05) is 5.69 Å². The summed E-state index contributed by atoms with van der Waals surface area (Å²) in [6, 6.07) is 12.4. The predicted octanol–water partition coefficient (Wildman–Crippen LogP) is 3.92. The van der Waals surface area contributed by atoms with Crippen LogP contribution in [0.5, 0.6) is 0 Å². The van der Waals surface area contributed by atoms with E-state index >= 15 is 0 Å². The Morgan fingerprint density at radius 2 is 1.79 bits per heavy atom. The fraction of sp³-hybridized carbons (Fsp3) is 0.263. The zero-order valence-electron chi connectivity index (χ0n) is 13.9. The SMILES string of the molecule is CCOC(=O)c1cccc(NC(=O)C(C)(C)c2ccc(F)cc2)c1. The van der Waals surface area contributed by atoms with Gasteiger partial charge in [0.15, 0.2) is 0 Å². The lowest BCUT2D eigenvalue weighted by Gasteiger charge is -2.24. The first-order valence-electron chi connectivity index (χ1n) is 7.69. The Kier molecular flexibility index (Phi) is 5.34. The van der Waals surface area contributed by atoms with Gasteiger partial charge in [-0.15, -0.1) is 0 Å². The minimum Gasteiger partial charge on any atom is -0.462 e. The third-order valence-corrected chi connectivity index (χ3v) is 3.77. The van der Waals surface area contributed by atoms with Crippen molar-refractivity contribution in [2.24, 2.45) is 0 Å². The number of carbonyl (C=O) groups is 2. The van der Waals surface area contributed by atoms with E-state index in [0.717, 1.165) is 0 Å². The first-order chi connectivity index (χ1) is 11.3. The number of halogens is 1. The van der Waals surface area contributed by atoms with Crippen molar-refractivity contribution in [1.29, 1.82) is 0 Å². The number of benzene rings is 2. The van der Waals surface area contributed by atoms with E-state index in [2.05, 4.69) is 5.32 Å². The molecule has 0 radical (unpaired) electrons. The van der Waals surface area contributed by atoms with Crippen LogP contribution in [0.25, 0.3) is 0 Å². The van der Waals surface area contributed by atoms with Crippen LogP contribution in [0, 0.1) is 5.82 Å². The summed E-state index contributed by atoms with van der Waals surface area (Å²) in [7, 11) is 0. The zero-order valence-corrected chi connectivity index (χ0v) is 13.9. The van der Waals surface area contributed by atoms with Crippen LogP contribution in [0.2, 0.25) is 0 Å². The Morgan fingerprint density at radius 3 is 2.42 bits per heavy atom. The summed E-state index contributed by atoms with van der Waals surface area (Å²) in [4.78, 5) is 24.4. The third-order valence-electron chi connectivity index (χ3n) is 3.77. The highest BCUT2D eigenvalue weighted by Crippen LogP contribution is 2.25. The molecule has 0 aliphatic rings. The molecule has 2 aromatic carbocycles. The van der Waals surface area contributed by atoms with Crippen LogP contribution in [0.15, 0.2) is 48.5 Å². The van der Waals surface area contributed by atoms with Crippen LogP contribution in [-0.2, 0) is 14.9 Å². The Morgan fingerprint density at radius 1 is 1.12 bits per heavy atom. The molecular formula is C19H20FNO3. The molecule has 24 heavy (non-hydrogen) atoms. The van der Waals surface area contributed by atoms with E-state index in [0.29, 0.717) is 16.8 Å². The van der Waals surface area contributed by atoms with Crippen molar-refractivity contribution >= 4 is 17.6 Å². The largest absolute Gasteiger partial charge is 0.462 e. The second-order valence-electron chi connectivity index (χ2n) is 5.89. The van der Waals surface area contributed by atoms with Crippen LogP contribution in [0.4, 0.5) is 10.1 Å². The van der Waals surface area contributed by atoms with Gasteiger partial charge in [-0.3, -0.25) is 4.79 Å². The Bertz CT molecular complexity index is 739. The highest BCUT2D eigenvalue weighted by Gasteiger charge is 2.30. The van der Waals surface area contributed by atoms with Crippen molar-refractivity contribution in [3.63, 3.8) is 0 Å². The topological polar surface area (TPSA) is 55.4 Å². The third kappa shape index (κ3) is 3.98. The molecule has 0 saturated heterocycles. The van der Waals surface area contributed by atoms with Crippen LogP contribution in [0.3, 0.4) is 0 Å². The fourth-order valence-electron chi connectivity index (χ4n) is 2.22. The number of esters is 1. The van der Waals surface area contributed by atoms with Crippen molar-refractivity contribution in [1.82, 2.24) is 0 Å². The van der Waals surface area contributed by atoms with Crippen molar-refractivity contribution in [2.45, 2.75) is 26.2 Å². The minimum atomic E-state index is -0.854. The second-order valence-corrected chi connectivity index (χ2v) is 5.89. The lowest BCUT2D eigenvalue weighted by Crippen LogP contribution is -2.34. The summed E-state index contributed by atoms with van der Waals surface area (Å²) in [6.45, 7) is 5.53. The summed E-state index contributed by atoms with van der Waals surface area (Å²) in [5.74, 6) is -1.04. The lowest BCUT2D eigenvalue weighted by atomic mass is 9.83. The number of ether oxygens (including phenoxy) is 1. The van der Waals surface area contributed by atoms with Gasteiger partial charge in [-0.25, -0.2) is 9.18 Å². The maximum Gasteiger partial charge on any atom is 0.338 e. The Balaban J connectivity index is 2.18. The van der Waals surface area contributed by atoms with Crippen molar-refractivity contribution in [2.75, 3.05) is 11.9 Å². The maximum absolute atomic E-state index is 13.1. The summed E-state index contributed by atoms with van der Waals surface area (Å²) >= 11 is 0. The number of nitrogens with one attached hydrogen (secondary N) is 1. The molecule has 1 amide bonds. The van der Waals surface area contributed by atoms with E-state index in [-0.39, 0.29) is 18.3 Å². The molecule has 0 fully saturated rings. The Labute approximate surface area is 140 Å². The second kappa shape index (κ2) is 7.25. The van der Waals surface area contributed by atoms with Gasteiger partial charge in [0.05, 0.1) is 17.6 Å². The predicted molar refractivity (Wildman–Crippen MR) is 90.5 cm³/mol. The van der Waals surface area contributed by atoms with Crippen molar-refractivity contribution in [3.05, 3.63) is 65.5 Å². The van der Waals surface area contributed by atoms with Crippen LogP contribution in [0.1, 0.15) is 36.7 Å². The Hall–Kier alpha value is -2.69. The van der Waals surface area contributed by atoms with Gasteiger partial charge in [-0.1, -0.05) is 18.2 Å². The molecule has 0 bridgehead atoms. The van der Waals surface area contributed by atoms with Crippen molar-refractivity contribution < 1.29 is 18.7 Å². The van der Waals surface area contributed by atoms with E-state index < -0.39 is 11.4 Å². The number of carbonyl (C=O) groups excluding carboxylic acids is 2. The lowest BCUT2D eigenvalue weighted by molar-refractivity contribution is -0.120. The number of amides is 1. The average molecular weight is 329 g/mol. The molecular weight excluding hydrogens is 309 g/mol. The molecule has 5 heteroatoms. The molecule has 0 unspecified atom stereocenters. The number of anilines is 1. The highest BCUT2D eigenvalue weighted by molar-refractivity contribution is 5.99. The molecule has 0 aromatic heterocycles. The van der Waals surface area contributed by atoms with Gasteiger partial charge in [0.25, 0.3) is 0 Å². The molecule has 2 rings (SSSR count). The smallest absolute Gasteiger partial charge is 0.338 e. The van der Waals surface area contributed by atoms with Crippen molar-refractivity contribution in [3.8, 4) is 0 Å². The first-order valence-corrected chi connectivity index (χ1v) is 7.69. The van der Waals surface area contributed by atoms with E-state index in [1.54, 1.807) is 57.2 Å². The minimum absolute atomic E-state index is 0.255. The van der Waals surface area contributed by atoms with E-state index in [1.165, 1.54) is 12.1 Å². The van der Waals surface area contributed by atoms with Gasteiger partial charge in [0.2, 0.25) is 5.91 Å². The summed E-state index contributed by atoms with van der Waals surface area (Å²) in [6.07, 6.45) is 0. The maximum atomic E-state index is 13.1. The molecule has 0 spiro atoms. The summed E-state index contributed by atoms with van der Waals surface area (Å²) < 4.78 is 18.0. The average Bonchev–Trinajstić information content (AvgIpc) is 2.55. The van der Waals surface area contributed by atoms with E-state index in [9.17, 15) is 14.0 Å². The molecule has 0 saturated carbocycles. The first kappa shape index (κ1) is 17.7. The van der Waals surface area contributed by atoms with E-state index in [4.69, 9.17) is 4.74 Å². The molecule has 0 heterocycles. The molecule has 2 aromatic rings. The highest BCUT2D eigenvalue weighted by atomic mass is 19.1. The summed E-state index contributed by atoms with van der Waals surface area (Å²) in [5, 5.41) is 2.79. The van der Waals surface area contributed by atoms with E-state index in [1.807, 2.05) is 0 Å². The standard InChI is InChI=1S/C19H20FNO3/c1-4-24-17(22)13-6-5-7-16(12-13)21-18(23)19(2,3)14-8-10-15(20)11-9-14/h5-12H,4H2,1-3H3,(H,21,23). The molecule has 0 aliphatic heterocycles. The molecule has 1 N–H and O–H groups in total. The van der Waals surface area contributed by atoms with Crippen LogP contribution >= 0.6 is 0 Å². The van der Waals surface area contributed by atoms with Gasteiger partial charge in [-0.05, 0) is 56.7 Å². The van der Waals surface area contributed by atoms with Gasteiger partial charge >= 0.3 is 5.97 Å². The van der Waals surface area contributed by atoms with Crippen LogP contribution < -0.4 is 5.32 Å². The van der Waals surface area contributed by atoms with Gasteiger partial charge in [-0.2, -0.15) is 0 Å². The summed E-state index contributed by atoms with van der Waals surface area (Å²) in [5.41, 5.74) is 0.714. The van der Waals surface area contributed by atoms with Crippen LogP contribution in [-0.4, -0.2) is 18.5 Å². The normalized spacial score (nSPS) is 11.0. The number of hydrogen-bond acceptors (Lipinski definition) is 3. The fourth-order valence-corrected chi connectivity index (χ4v) is 2.22. The van der Waals surface area contributed by atoms with Gasteiger partial charge < -0.3 is 10.1 Å². The molecule has 4 nitrogen and oxygen atoms in total. The monoisotopic (exact) mass is 329 g/mol. The molecule has 0 aliphatic carbocycles. The number of hydrogen-bond donors (Lipinski definition) is 1. The molecule has 126 valence electrons. The number of rotatable bonds is 5. The van der Waals surface area contributed by atoms with Gasteiger partial charge in [0.1, 0.15) is 5.82 Å². The molecule has 0 atom stereocenters. The quantitative estimate of drug-likeness (QED) is 0.846.